The molecule has 0 bridgehead atoms. The van der Waals surface area contributed by atoms with Crippen molar-refractivity contribution in [1.82, 2.24) is 15.2 Å². The molecule has 0 saturated heterocycles. The van der Waals surface area contributed by atoms with Crippen LogP contribution in [0.15, 0.2) is 18.3 Å². The molecule has 2 heterocycles. The van der Waals surface area contributed by atoms with Gasteiger partial charge in [0.15, 0.2) is 11.5 Å². The number of nitrogens with zero attached hydrogens (tertiary/aromatic N) is 2. The number of H-pyrrole nitrogens is 1. The standard InChI is InChI=1S/C14H14N4O2/c1-8-5-6-9(7-15-8)16-14(20)13-12-10(17-18-13)3-2-4-11(12)19/h5-7H,2-4H2,1H3,(H,16,20)(H,17,18). The number of aryl methyl sites for hydroxylation is 2. The number of ketones is 1. The van der Waals surface area contributed by atoms with E-state index in [0.717, 1.165) is 24.2 Å². The van der Waals surface area contributed by atoms with E-state index in [2.05, 4.69) is 20.5 Å². The lowest BCUT2D eigenvalue weighted by molar-refractivity contribution is 0.0955. The second-order valence-corrected chi connectivity index (χ2v) is 4.84. The van der Waals surface area contributed by atoms with E-state index in [9.17, 15) is 9.59 Å². The molecule has 1 aliphatic rings. The average molecular weight is 270 g/mol. The van der Waals surface area contributed by atoms with Crippen LogP contribution in [0.4, 0.5) is 5.69 Å². The minimum Gasteiger partial charge on any atom is -0.319 e. The Kier molecular flexibility index (Phi) is 3.06. The highest BCUT2D eigenvalue weighted by atomic mass is 16.2. The van der Waals surface area contributed by atoms with Crippen LogP contribution in [-0.4, -0.2) is 26.9 Å². The molecule has 102 valence electrons. The maximum absolute atomic E-state index is 12.2. The van der Waals surface area contributed by atoms with E-state index in [4.69, 9.17) is 0 Å². The second kappa shape index (κ2) is 4.88. The highest BCUT2D eigenvalue weighted by Gasteiger charge is 2.27. The third-order valence-electron chi connectivity index (χ3n) is 3.34. The number of anilines is 1. The van der Waals surface area contributed by atoms with Crippen molar-refractivity contribution in [2.45, 2.75) is 26.2 Å². The fraction of sp³-hybridized carbons (Fsp3) is 0.286. The van der Waals surface area contributed by atoms with Gasteiger partial charge in [-0.25, -0.2) is 0 Å². The molecule has 2 aromatic rings. The lowest BCUT2D eigenvalue weighted by Crippen LogP contribution is -2.18. The molecule has 0 spiro atoms. The van der Waals surface area contributed by atoms with Crippen LogP contribution >= 0.6 is 0 Å². The summed E-state index contributed by atoms with van der Waals surface area (Å²) in [7, 11) is 0. The zero-order valence-corrected chi connectivity index (χ0v) is 11.1. The highest BCUT2D eigenvalue weighted by molar-refractivity contribution is 6.12. The summed E-state index contributed by atoms with van der Waals surface area (Å²) < 4.78 is 0. The predicted octanol–water partition coefficient (Wildman–Crippen LogP) is 1.88. The van der Waals surface area contributed by atoms with Crippen LogP contribution in [0.3, 0.4) is 0 Å². The molecule has 2 aromatic heterocycles. The zero-order chi connectivity index (χ0) is 14.1. The van der Waals surface area contributed by atoms with E-state index >= 15 is 0 Å². The number of rotatable bonds is 2. The maximum atomic E-state index is 12.2. The van der Waals surface area contributed by atoms with Gasteiger partial charge in [0.05, 0.1) is 17.4 Å². The van der Waals surface area contributed by atoms with Gasteiger partial charge in [0.1, 0.15) is 0 Å². The molecule has 20 heavy (non-hydrogen) atoms. The molecule has 0 aromatic carbocycles. The number of carbonyl (C=O) groups is 2. The average Bonchev–Trinajstić information content (AvgIpc) is 2.87. The van der Waals surface area contributed by atoms with Crippen molar-refractivity contribution in [3.05, 3.63) is 41.0 Å². The molecule has 0 aliphatic heterocycles. The van der Waals surface area contributed by atoms with Gasteiger partial charge < -0.3 is 5.32 Å². The first kappa shape index (κ1) is 12.5. The predicted molar refractivity (Wildman–Crippen MR) is 72.8 cm³/mol. The summed E-state index contributed by atoms with van der Waals surface area (Å²) in [6, 6.07) is 3.57. The van der Waals surface area contributed by atoms with Gasteiger partial charge in [-0.1, -0.05) is 0 Å². The quantitative estimate of drug-likeness (QED) is 0.872. The van der Waals surface area contributed by atoms with Crippen LogP contribution in [0.25, 0.3) is 0 Å². The Labute approximate surface area is 115 Å². The maximum Gasteiger partial charge on any atom is 0.276 e. The van der Waals surface area contributed by atoms with E-state index in [1.807, 2.05) is 6.92 Å². The van der Waals surface area contributed by atoms with Crippen LogP contribution in [-0.2, 0) is 6.42 Å². The van der Waals surface area contributed by atoms with Crippen LogP contribution in [0.2, 0.25) is 0 Å². The van der Waals surface area contributed by atoms with E-state index in [0.29, 0.717) is 17.7 Å². The normalized spacial score (nSPS) is 13.9. The van der Waals surface area contributed by atoms with Gasteiger partial charge >= 0.3 is 0 Å². The van der Waals surface area contributed by atoms with Crippen molar-refractivity contribution in [1.29, 1.82) is 0 Å². The Morgan fingerprint density at radius 2 is 2.20 bits per heavy atom. The van der Waals surface area contributed by atoms with Crippen molar-refractivity contribution < 1.29 is 9.59 Å². The number of hydrogen-bond donors (Lipinski definition) is 2. The van der Waals surface area contributed by atoms with Crippen molar-refractivity contribution in [3.8, 4) is 0 Å². The highest BCUT2D eigenvalue weighted by Crippen LogP contribution is 2.22. The van der Waals surface area contributed by atoms with Gasteiger partial charge in [0.25, 0.3) is 5.91 Å². The molecule has 0 fully saturated rings. The van der Waals surface area contributed by atoms with Gasteiger partial charge in [0.2, 0.25) is 0 Å². The van der Waals surface area contributed by atoms with Crippen molar-refractivity contribution in [3.63, 3.8) is 0 Å². The monoisotopic (exact) mass is 270 g/mol. The molecule has 0 radical (unpaired) electrons. The number of carbonyl (C=O) groups excluding carboxylic acids is 2. The Morgan fingerprint density at radius 3 is 2.95 bits per heavy atom. The van der Waals surface area contributed by atoms with Crippen LogP contribution in [0, 0.1) is 6.92 Å². The smallest absolute Gasteiger partial charge is 0.276 e. The van der Waals surface area contributed by atoms with Crippen LogP contribution in [0.5, 0.6) is 0 Å². The molecule has 6 nitrogen and oxygen atoms in total. The number of aromatic nitrogens is 3. The Morgan fingerprint density at radius 1 is 1.35 bits per heavy atom. The molecule has 0 unspecified atom stereocenters. The summed E-state index contributed by atoms with van der Waals surface area (Å²) in [5, 5.41) is 9.47. The van der Waals surface area contributed by atoms with E-state index in [1.54, 1.807) is 18.3 Å². The van der Waals surface area contributed by atoms with Gasteiger partial charge in [-0.2, -0.15) is 5.10 Å². The number of aromatic amines is 1. The largest absolute Gasteiger partial charge is 0.319 e. The molecule has 3 rings (SSSR count). The first-order chi connectivity index (χ1) is 9.65. The molecular weight excluding hydrogens is 256 g/mol. The third-order valence-corrected chi connectivity index (χ3v) is 3.34. The lowest BCUT2D eigenvalue weighted by Gasteiger charge is -2.10. The minimum absolute atomic E-state index is 0.0211. The summed E-state index contributed by atoms with van der Waals surface area (Å²) in [4.78, 5) is 28.2. The van der Waals surface area contributed by atoms with Crippen molar-refractivity contribution >= 4 is 17.4 Å². The van der Waals surface area contributed by atoms with E-state index < -0.39 is 0 Å². The number of fused-ring (bicyclic) bond motifs is 1. The van der Waals surface area contributed by atoms with Crippen molar-refractivity contribution in [2.75, 3.05) is 5.32 Å². The van der Waals surface area contributed by atoms with Gasteiger partial charge in [-0.15, -0.1) is 0 Å². The summed E-state index contributed by atoms with van der Waals surface area (Å²) in [5.74, 6) is -0.407. The topological polar surface area (TPSA) is 87.7 Å². The Balaban J connectivity index is 1.86. The minimum atomic E-state index is -0.386. The van der Waals surface area contributed by atoms with E-state index in [-0.39, 0.29) is 17.4 Å². The summed E-state index contributed by atoms with van der Waals surface area (Å²) in [6.45, 7) is 1.87. The fourth-order valence-electron chi connectivity index (χ4n) is 2.31. The fourth-order valence-corrected chi connectivity index (χ4v) is 2.31. The Hall–Kier alpha value is -2.50. The molecule has 0 atom stereocenters. The lowest BCUT2D eigenvalue weighted by atomic mass is 9.94. The number of amides is 1. The molecule has 0 saturated carbocycles. The number of hydrogen-bond acceptors (Lipinski definition) is 4. The molecular formula is C14H14N4O2. The molecule has 1 aliphatic carbocycles. The number of nitrogens with one attached hydrogen (secondary N) is 2. The first-order valence-electron chi connectivity index (χ1n) is 6.49. The summed E-state index contributed by atoms with van der Waals surface area (Å²) in [5.41, 5.74) is 2.82. The van der Waals surface area contributed by atoms with Gasteiger partial charge in [-0.3, -0.25) is 19.7 Å². The number of pyridine rings is 1. The Bertz CT molecular complexity index is 673. The van der Waals surface area contributed by atoms with Gasteiger partial charge in [0, 0.05) is 17.8 Å². The van der Waals surface area contributed by atoms with E-state index in [1.165, 1.54) is 0 Å². The van der Waals surface area contributed by atoms with Crippen molar-refractivity contribution in [2.24, 2.45) is 0 Å². The molecule has 1 amide bonds. The third kappa shape index (κ3) is 2.20. The summed E-state index contributed by atoms with van der Waals surface area (Å²) in [6.07, 6.45) is 3.61. The molecule has 6 heteroatoms. The zero-order valence-electron chi connectivity index (χ0n) is 11.1. The first-order valence-corrected chi connectivity index (χ1v) is 6.49. The van der Waals surface area contributed by atoms with Crippen LogP contribution < -0.4 is 5.32 Å². The molecule has 2 N–H and O–H groups in total. The second-order valence-electron chi connectivity index (χ2n) is 4.84. The van der Waals surface area contributed by atoms with Gasteiger partial charge in [-0.05, 0) is 31.9 Å². The van der Waals surface area contributed by atoms with Crippen LogP contribution in [0.1, 0.15) is 45.1 Å². The SMILES string of the molecule is Cc1ccc(NC(=O)c2n[nH]c3c2C(=O)CCC3)cn1. The number of Topliss-reactive ketones (excluding diaryl/α,β-unsaturated/α-hetero) is 1. The summed E-state index contributed by atoms with van der Waals surface area (Å²) >= 11 is 0.